The summed E-state index contributed by atoms with van der Waals surface area (Å²) in [6.45, 7) is 4.97. The van der Waals surface area contributed by atoms with Gasteiger partial charge in [0.15, 0.2) is 0 Å². The Bertz CT molecular complexity index is 326. The molecule has 2 atom stereocenters. The lowest BCUT2D eigenvalue weighted by Crippen LogP contribution is -2.39. The van der Waals surface area contributed by atoms with E-state index in [0.717, 1.165) is 31.0 Å². The van der Waals surface area contributed by atoms with E-state index in [9.17, 15) is 0 Å². The maximum absolute atomic E-state index is 5.83. The number of likely N-dealkylation sites (N-methyl/N-ethyl adjacent to an activating group) is 1. The molecule has 0 saturated carbocycles. The van der Waals surface area contributed by atoms with Gasteiger partial charge in [-0.2, -0.15) is 0 Å². The van der Waals surface area contributed by atoms with Crippen molar-refractivity contribution in [3.8, 4) is 0 Å². The van der Waals surface area contributed by atoms with E-state index in [-0.39, 0.29) is 11.6 Å². The molecule has 0 bridgehead atoms. The van der Waals surface area contributed by atoms with E-state index in [1.54, 1.807) is 0 Å². The highest BCUT2D eigenvalue weighted by atomic mass is 16.5. The number of aryl methyl sites for hydroxylation is 1. The van der Waals surface area contributed by atoms with Crippen molar-refractivity contribution in [1.82, 2.24) is 5.32 Å². The first-order valence-electron chi connectivity index (χ1n) is 5.53. The Balaban J connectivity index is 2.23. The molecule has 0 spiro atoms. The van der Waals surface area contributed by atoms with Gasteiger partial charge in [-0.3, -0.25) is 0 Å². The molecule has 3 heteroatoms. The van der Waals surface area contributed by atoms with Crippen LogP contribution >= 0.6 is 0 Å². The summed E-state index contributed by atoms with van der Waals surface area (Å²) in [5.41, 5.74) is -0.126. The van der Waals surface area contributed by atoms with Crippen molar-refractivity contribution < 1.29 is 9.15 Å². The molecule has 84 valence electrons. The fourth-order valence-corrected chi connectivity index (χ4v) is 2.39. The van der Waals surface area contributed by atoms with Gasteiger partial charge in [-0.25, -0.2) is 0 Å². The first kappa shape index (κ1) is 10.7. The lowest BCUT2D eigenvalue weighted by atomic mass is 9.91. The molecule has 1 aromatic heterocycles. The van der Waals surface area contributed by atoms with Gasteiger partial charge in [-0.15, -0.1) is 0 Å². The highest BCUT2D eigenvalue weighted by Crippen LogP contribution is 2.37. The van der Waals surface area contributed by atoms with Gasteiger partial charge in [0.2, 0.25) is 0 Å². The highest BCUT2D eigenvalue weighted by molar-refractivity contribution is 5.14. The molecule has 15 heavy (non-hydrogen) atoms. The molecule has 0 amide bonds. The lowest BCUT2D eigenvalue weighted by Gasteiger charge is -2.31. The molecule has 2 unspecified atom stereocenters. The zero-order chi connectivity index (χ0) is 10.9. The summed E-state index contributed by atoms with van der Waals surface area (Å²) in [5, 5.41) is 3.30. The largest absolute Gasteiger partial charge is 0.465 e. The van der Waals surface area contributed by atoms with Gasteiger partial charge < -0.3 is 14.5 Å². The summed E-state index contributed by atoms with van der Waals surface area (Å²) in [5.74, 6) is 1.92. The maximum Gasteiger partial charge on any atom is 0.124 e. The normalized spacial score (nSPS) is 28.2. The number of nitrogens with one attached hydrogen (secondary N) is 1. The van der Waals surface area contributed by atoms with Crippen molar-refractivity contribution in [3.63, 3.8) is 0 Å². The Morgan fingerprint density at radius 1 is 1.47 bits per heavy atom. The third kappa shape index (κ3) is 1.94. The molecular weight excluding hydrogens is 190 g/mol. The average Bonchev–Trinajstić information content (AvgIpc) is 2.78. The molecule has 1 N–H and O–H groups in total. The van der Waals surface area contributed by atoms with Gasteiger partial charge in [0, 0.05) is 6.61 Å². The van der Waals surface area contributed by atoms with E-state index in [0.29, 0.717) is 0 Å². The van der Waals surface area contributed by atoms with E-state index < -0.39 is 0 Å². The summed E-state index contributed by atoms with van der Waals surface area (Å²) >= 11 is 0. The highest BCUT2D eigenvalue weighted by Gasteiger charge is 2.40. The zero-order valence-electron chi connectivity index (χ0n) is 9.67. The van der Waals surface area contributed by atoms with Crippen LogP contribution in [-0.2, 0) is 4.74 Å². The van der Waals surface area contributed by atoms with E-state index in [1.165, 1.54) is 0 Å². The van der Waals surface area contributed by atoms with Crippen molar-refractivity contribution in [2.75, 3.05) is 13.7 Å². The minimum atomic E-state index is -0.126. The van der Waals surface area contributed by atoms with Crippen LogP contribution < -0.4 is 5.32 Å². The third-order valence-corrected chi connectivity index (χ3v) is 3.19. The standard InChI is InChI=1S/C12H19NO2/c1-9-5-6-10(15-9)11(13-3)12(2)7-4-8-14-12/h5-6,11,13H,4,7-8H2,1-3H3. The molecule has 1 aliphatic heterocycles. The second-order valence-corrected chi connectivity index (χ2v) is 4.43. The summed E-state index contributed by atoms with van der Waals surface area (Å²) in [6.07, 6.45) is 2.21. The molecule has 1 aromatic rings. The lowest BCUT2D eigenvalue weighted by molar-refractivity contribution is -0.0161. The number of rotatable bonds is 3. The number of furan rings is 1. The van der Waals surface area contributed by atoms with Crippen LogP contribution in [0.4, 0.5) is 0 Å². The van der Waals surface area contributed by atoms with Gasteiger partial charge >= 0.3 is 0 Å². The molecule has 1 aliphatic rings. The molecule has 1 fully saturated rings. The smallest absolute Gasteiger partial charge is 0.124 e. The first-order valence-corrected chi connectivity index (χ1v) is 5.53. The summed E-state index contributed by atoms with van der Waals surface area (Å²) in [4.78, 5) is 0. The van der Waals surface area contributed by atoms with Crippen LogP contribution in [0.5, 0.6) is 0 Å². The fourth-order valence-electron chi connectivity index (χ4n) is 2.39. The SMILES string of the molecule is CNC(c1ccc(C)o1)C1(C)CCCO1. The van der Waals surface area contributed by atoms with Gasteiger partial charge in [0.25, 0.3) is 0 Å². The maximum atomic E-state index is 5.83. The Morgan fingerprint density at radius 2 is 2.27 bits per heavy atom. The predicted molar refractivity (Wildman–Crippen MR) is 58.8 cm³/mol. The molecule has 0 radical (unpaired) electrons. The van der Waals surface area contributed by atoms with Crippen LogP contribution in [0.25, 0.3) is 0 Å². The number of hydrogen-bond acceptors (Lipinski definition) is 3. The minimum absolute atomic E-state index is 0.126. The molecule has 2 heterocycles. The van der Waals surface area contributed by atoms with Crippen molar-refractivity contribution in [3.05, 3.63) is 23.7 Å². The molecular formula is C12H19NO2. The quantitative estimate of drug-likeness (QED) is 0.830. The second kappa shape index (κ2) is 3.99. The van der Waals surface area contributed by atoms with Crippen LogP contribution in [0.3, 0.4) is 0 Å². The van der Waals surface area contributed by atoms with E-state index in [2.05, 4.69) is 12.2 Å². The van der Waals surface area contributed by atoms with Crippen molar-refractivity contribution in [2.45, 2.75) is 38.3 Å². The van der Waals surface area contributed by atoms with Crippen LogP contribution in [0.15, 0.2) is 16.5 Å². The number of ether oxygens (including phenoxy) is 1. The van der Waals surface area contributed by atoms with Crippen molar-refractivity contribution in [1.29, 1.82) is 0 Å². The Morgan fingerprint density at radius 3 is 2.73 bits per heavy atom. The van der Waals surface area contributed by atoms with Gasteiger partial charge in [0.05, 0.1) is 11.6 Å². The Hall–Kier alpha value is -0.800. The minimum Gasteiger partial charge on any atom is -0.465 e. The predicted octanol–water partition coefficient (Wildman–Crippen LogP) is 2.42. The van der Waals surface area contributed by atoms with Gasteiger partial charge in [0.1, 0.15) is 11.5 Å². The van der Waals surface area contributed by atoms with E-state index in [1.807, 2.05) is 26.1 Å². The zero-order valence-corrected chi connectivity index (χ0v) is 9.67. The monoisotopic (exact) mass is 209 g/mol. The summed E-state index contributed by atoms with van der Waals surface area (Å²) < 4.78 is 11.5. The number of hydrogen-bond donors (Lipinski definition) is 1. The topological polar surface area (TPSA) is 34.4 Å². The van der Waals surface area contributed by atoms with Gasteiger partial charge in [-0.1, -0.05) is 0 Å². The van der Waals surface area contributed by atoms with Crippen LogP contribution in [0, 0.1) is 6.92 Å². The van der Waals surface area contributed by atoms with E-state index in [4.69, 9.17) is 9.15 Å². The first-order chi connectivity index (χ1) is 7.15. The molecule has 2 rings (SSSR count). The Kier molecular flexibility index (Phi) is 2.85. The Labute approximate surface area is 90.8 Å². The summed E-state index contributed by atoms with van der Waals surface area (Å²) in [7, 11) is 1.95. The molecule has 0 aliphatic carbocycles. The third-order valence-electron chi connectivity index (χ3n) is 3.19. The molecule has 3 nitrogen and oxygen atoms in total. The average molecular weight is 209 g/mol. The fraction of sp³-hybridized carbons (Fsp3) is 0.667. The second-order valence-electron chi connectivity index (χ2n) is 4.43. The van der Waals surface area contributed by atoms with Crippen LogP contribution in [0.1, 0.15) is 37.3 Å². The van der Waals surface area contributed by atoms with Crippen molar-refractivity contribution in [2.24, 2.45) is 0 Å². The molecule has 0 aromatic carbocycles. The summed E-state index contributed by atoms with van der Waals surface area (Å²) in [6, 6.07) is 4.18. The van der Waals surface area contributed by atoms with Crippen LogP contribution in [0.2, 0.25) is 0 Å². The van der Waals surface area contributed by atoms with Crippen molar-refractivity contribution >= 4 is 0 Å². The van der Waals surface area contributed by atoms with Crippen LogP contribution in [-0.4, -0.2) is 19.3 Å². The molecule has 1 saturated heterocycles. The van der Waals surface area contributed by atoms with Gasteiger partial charge in [-0.05, 0) is 45.9 Å². The van der Waals surface area contributed by atoms with E-state index >= 15 is 0 Å².